The molecule has 24 heavy (non-hydrogen) atoms. The highest BCUT2D eigenvalue weighted by molar-refractivity contribution is 5.68. The molecule has 0 radical (unpaired) electrons. The highest BCUT2D eigenvalue weighted by Gasteiger charge is 2.37. The van der Waals surface area contributed by atoms with Crippen molar-refractivity contribution in [1.29, 1.82) is 0 Å². The average molecular weight is 347 g/mol. The van der Waals surface area contributed by atoms with Crippen LogP contribution in [0.1, 0.15) is 50.7 Å². The van der Waals surface area contributed by atoms with Gasteiger partial charge in [-0.05, 0) is 63.3 Å². The van der Waals surface area contributed by atoms with E-state index in [1.54, 1.807) is 20.8 Å². The number of likely N-dealkylation sites (tertiary alicyclic amines) is 1. The van der Waals surface area contributed by atoms with Crippen molar-refractivity contribution in [2.45, 2.75) is 51.3 Å². The fourth-order valence-corrected chi connectivity index (χ4v) is 2.83. The Morgan fingerprint density at radius 3 is 2.25 bits per heavy atom. The van der Waals surface area contributed by atoms with E-state index < -0.39 is 35.2 Å². The second kappa shape index (κ2) is 6.61. The summed E-state index contributed by atoms with van der Waals surface area (Å²) in [6, 6.07) is 2.56. The Balaban J connectivity index is 2.10. The summed E-state index contributed by atoms with van der Waals surface area (Å²) in [5.74, 6) is -1.12. The van der Waals surface area contributed by atoms with E-state index >= 15 is 0 Å². The molecule has 0 aromatic heterocycles. The van der Waals surface area contributed by atoms with Crippen LogP contribution >= 0.6 is 0 Å². The van der Waals surface area contributed by atoms with Crippen LogP contribution in [-0.2, 0) is 10.9 Å². The van der Waals surface area contributed by atoms with Crippen molar-refractivity contribution in [2.75, 3.05) is 13.1 Å². The van der Waals surface area contributed by atoms with E-state index in [4.69, 9.17) is 4.74 Å². The van der Waals surface area contributed by atoms with Crippen LogP contribution in [0.15, 0.2) is 18.2 Å². The first kappa shape index (κ1) is 18.5. The van der Waals surface area contributed by atoms with Crippen molar-refractivity contribution in [2.24, 2.45) is 0 Å². The summed E-state index contributed by atoms with van der Waals surface area (Å²) in [5, 5.41) is 0. The SMILES string of the molecule is CC(C)(C)OC(=O)N1CCC(c2cc(F)ccc2C(F)(F)F)CC1. The van der Waals surface area contributed by atoms with Gasteiger partial charge in [0.15, 0.2) is 0 Å². The first-order chi connectivity index (χ1) is 11.0. The summed E-state index contributed by atoms with van der Waals surface area (Å²) in [7, 11) is 0. The van der Waals surface area contributed by atoms with Gasteiger partial charge in [0.05, 0.1) is 5.56 Å². The summed E-state index contributed by atoms with van der Waals surface area (Å²) in [6.07, 6.45) is -4.32. The van der Waals surface area contributed by atoms with Crippen molar-refractivity contribution >= 4 is 6.09 Å². The van der Waals surface area contributed by atoms with Crippen molar-refractivity contribution < 1.29 is 27.1 Å². The molecule has 0 atom stereocenters. The number of hydrogen-bond donors (Lipinski definition) is 0. The van der Waals surface area contributed by atoms with E-state index in [9.17, 15) is 22.4 Å². The molecule has 0 unspecified atom stereocenters. The Hall–Kier alpha value is -1.79. The van der Waals surface area contributed by atoms with Crippen molar-refractivity contribution in [3.8, 4) is 0 Å². The fraction of sp³-hybridized carbons (Fsp3) is 0.588. The van der Waals surface area contributed by atoms with Gasteiger partial charge in [-0.2, -0.15) is 13.2 Å². The lowest BCUT2D eigenvalue weighted by Crippen LogP contribution is -2.41. The highest BCUT2D eigenvalue weighted by atomic mass is 19.4. The summed E-state index contributed by atoms with van der Waals surface area (Å²) < 4.78 is 58.0. The van der Waals surface area contributed by atoms with E-state index in [1.807, 2.05) is 0 Å². The second-order valence-electron chi connectivity index (χ2n) is 6.97. The fourth-order valence-electron chi connectivity index (χ4n) is 2.83. The number of hydrogen-bond acceptors (Lipinski definition) is 2. The van der Waals surface area contributed by atoms with Gasteiger partial charge in [0.1, 0.15) is 11.4 Å². The lowest BCUT2D eigenvalue weighted by Gasteiger charge is -2.34. The van der Waals surface area contributed by atoms with Crippen LogP contribution in [0.4, 0.5) is 22.4 Å². The van der Waals surface area contributed by atoms with Crippen molar-refractivity contribution in [3.05, 3.63) is 35.1 Å². The molecular weight excluding hydrogens is 326 g/mol. The lowest BCUT2D eigenvalue weighted by atomic mass is 9.86. The Bertz CT molecular complexity index is 600. The van der Waals surface area contributed by atoms with Crippen LogP contribution in [0.2, 0.25) is 0 Å². The quantitative estimate of drug-likeness (QED) is 0.672. The Morgan fingerprint density at radius 2 is 1.75 bits per heavy atom. The van der Waals surface area contributed by atoms with Crippen LogP contribution in [0.25, 0.3) is 0 Å². The zero-order valence-corrected chi connectivity index (χ0v) is 13.9. The number of piperidine rings is 1. The first-order valence-electron chi connectivity index (χ1n) is 7.82. The molecule has 7 heteroatoms. The van der Waals surface area contributed by atoms with E-state index in [1.165, 1.54) is 4.90 Å². The lowest BCUT2D eigenvalue weighted by molar-refractivity contribution is -0.138. The highest BCUT2D eigenvalue weighted by Crippen LogP contribution is 2.39. The Kier molecular flexibility index (Phi) is 5.11. The van der Waals surface area contributed by atoms with Gasteiger partial charge in [0.2, 0.25) is 0 Å². The Labute approximate surface area is 138 Å². The maximum atomic E-state index is 13.4. The number of alkyl halides is 3. The molecule has 1 fully saturated rings. The molecule has 1 aliphatic rings. The van der Waals surface area contributed by atoms with Gasteiger partial charge in [0.25, 0.3) is 0 Å². The minimum absolute atomic E-state index is 0.0358. The van der Waals surface area contributed by atoms with Gasteiger partial charge >= 0.3 is 12.3 Å². The topological polar surface area (TPSA) is 29.5 Å². The first-order valence-corrected chi connectivity index (χ1v) is 7.82. The van der Waals surface area contributed by atoms with Gasteiger partial charge in [0, 0.05) is 13.1 Å². The second-order valence-corrected chi connectivity index (χ2v) is 6.97. The van der Waals surface area contributed by atoms with Gasteiger partial charge in [-0.1, -0.05) is 0 Å². The number of nitrogens with zero attached hydrogens (tertiary/aromatic N) is 1. The number of carbonyl (C=O) groups excluding carboxylic acids is 1. The molecule has 0 aliphatic carbocycles. The largest absolute Gasteiger partial charge is 0.444 e. The molecule has 1 aliphatic heterocycles. The van der Waals surface area contributed by atoms with Crippen molar-refractivity contribution in [3.63, 3.8) is 0 Å². The minimum atomic E-state index is -4.52. The molecule has 0 saturated carbocycles. The number of benzene rings is 1. The summed E-state index contributed by atoms with van der Waals surface area (Å²) >= 11 is 0. The molecule has 2 rings (SSSR count). The normalized spacial score (nSPS) is 17.0. The molecule has 3 nitrogen and oxygen atoms in total. The number of halogens is 4. The number of ether oxygens (including phenoxy) is 1. The van der Waals surface area contributed by atoms with E-state index in [-0.39, 0.29) is 18.7 Å². The summed E-state index contributed by atoms with van der Waals surface area (Å²) in [6.45, 7) is 5.82. The predicted molar refractivity (Wildman–Crippen MR) is 81.2 cm³/mol. The number of amides is 1. The molecule has 0 N–H and O–H groups in total. The molecule has 1 aromatic carbocycles. The maximum absolute atomic E-state index is 13.4. The molecule has 1 amide bonds. The monoisotopic (exact) mass is 347 g/mol. The van der Waals surface area contributed by atoms with Crippen LogP contribution in [0, 0.1) is 5.82 Å². The zero-order chi connectivity index (χ0) is 18.1. The van der Waals surface area contributed by atoms with Crippen LogP contribution in [-0.4, -0.2) is 29.7 Å². The van der Waals surface area contributed by atoms with Gasteiger partial charge in [-0.15, -0.1) is 0 Å². The van der Waals surface area contributed by atoms with E-state index in [0.717, 1.165) is 18.2 Å². The third-order valence-electron chi connectivity index (χ3n) is 3.91. The summed E-state index contributed by atoms with van der Waals surface area (Å²) in [4.78, 5) is 13.5. The van der Waals surface area contributed by atoms with Crippen molar-refractivity contribution in [1.82, 2.24) is 4.90 Å². The van der Waals surface area contributed by atoms with Crippen LogP contribution in [0.5, 0.6) is 0 Å². The molecule has 1 saturated heterocycles. The third kappa shape index (κ3) is 4.61. The standard InChI is InChI=1S/C17H21F4NO2/c1-16(2,3)24-15(23)22-8-6-11(7-9-22)13-10-12(18)4-5-14(13)17(19,20)21/h4-5,10-11H,6-9H2,1-3H3. The molecule has 1 aromatic rings. The third-order valence-corrected chi connectivity index (χ3v) is 3.91. The van der Waals surface area contributed by atoms with Crippen LogP contribution < -0.4 is 0 Å². The zero-order valence-electron chi connectivity index (χ0n) is 13.9. The number of rotatable bonds is 1. The van der Waals surface area contributed by atoms with Gasteiger partial charge < -0.3 is 9.64 Å². The average Bonchev–Trinajstić information content (AvgIpc) is 2.44. The summed E-state index contributed by atoms with van der Waals surface area (Å²) in [5.41, 5.74) is -1.47. The van der Waals surface area contributed by atoms with E-state index in [2.05, 4.69) is 0 Å². The molecule has 1 heterocycles. The van der Waals surface area contributed by atoms with Gasteiger partial charge in [-0.25, -0.2) is 9.18 Å². The smallest absolute Gasteiger partial charge is 0.416 e. The predicted octanol–water partition coefficient (Wildman–Crippen LogP) is 4.96. The minimum Gasteiger partial charge on any atom is -0.444 e. The molecular formula is C17H21F4NO2. The molecule has 134 valence electrons. The molecule has 0 bridgehead atoms. The van der Waals surface area contributed by atoms with Crippen LogP contribution in [0.3, 0.4) is 0 Å². The van der Waals surface area contributed by atoms with E-state index in [0.29, 0.717) is 12.8 Å². The Morgan fingerprint density at radius 1 is 1.17 bits per heavy atom. The maximum Gasteiger partial charge on any atom is 0.416 e. The van der Waals surface area contributed by atoms with Gasteiger partial charge in [-0.3, -0.25) is 0 Å². The molecule has 0 spiro atoms. The number of carbonyl (C=O) groups is 1.